The van der Waals surface area contributed by atoms with Crippen LogP contribution in [0.15, 0.2) is 70.2 Å². The predicted molar refractivity (Wildman–Crippen MR) is 154 cm³/mol. The maximum absolute atomic E-state index is 14.3. The van der Waals surface area contributed by atoms with Crippen molar-refractivity contribution in [1.29, 1.82) is 0 Å². The third kappa shape index (κ3) is 6.61. The fraction of sp³-hybridized carbons (Fsp3) is 0.172. The number of pyridine rings is 1. The van der Waals surface area contributed by atoms with Crippen molar-refractivity contribution in [2.75, 3.05) is 12.4 Å². The van der Waals surface area contributed by atoms with E-state index < -0.39 is 46.7 Å². The number of alkyl halides is 3. The summed E-state index contributed by atoms with van der Waals surface area (Å²) in [5.74, 6) is -2.95. The number of carbonyl (C=O) groups excluding carboxylic acids is 1. The second kappa shape index (κ2) is 12.5. The third-order valence-electron chi connectivity index (χ3n) is 6.73. The number of aromatic nitrogens is 5. The SMILES string of the molecule is COc1cn(C(Cc2cc(C)on2)C(=O)Nc2ccc(C(=O)O)c(F)c2)c(=O)cc1-c1cc(Cl)ccc1-n1cc(C(F)(F)F)nn1. The fourth-order valence-corrected chi connectivity index (χ4v) is 4.77. The molecule has 5 rings (SSSR count). The molecule has 0 aliphatic carbocycles. The molecular weight excluding hydrogens is 640 g/mol. The number of aromatic carboxylic acids is 1. The van der Waals surface area contributed by atoms with E-state index >= 15 is 0 Å². The van der Waals surface area contributed by atoms with Crippen LogP contribution in [0.1, 0.15) is 33.5 Å². The van der Waals surface area contributed by atoms with Gasteiger partial charge < -0.3 is 19.7 Å². The van der Waals surface area contributed by atoms with Gasteiger partial charge in [-0.15, -0.1) is 5.10 Å². The van der Waals surface area contributed by atoms with E-state index in [0.717, 1.165) is 27.4 Å². The molecule has 238 valence electrons. The molecule has 1 amide bonds. The van der Waals surface area contributed by atoms with Crippen LogP contribution < -0.4 is 15.6 Å². The summed E-state index contributed by atoms with van der Waals surface area (Å²) in [6.45, 7) is 1.62. The number of carboxylic acids is 1. The molecule has 46 heavy (non-hydrogen) atoms. The quantitative estimate of drug-likeness (QED) is 0.200. The first-order chi connectivity index (χ1) is 21.7. The van der Waals surface area contributed by atoms with E-state index in [2.05, 4.69) is 20.8 Å². The fourth-order valence-electron chi connectivity index (χ4n) is 4.60. The number of benzene rings is 2. The van der Waals surface area contributed by atoms with Gasteiger partial charge in [-0.2, -0.15) is 13.2 Å². The van der Waals surface area contributed by atoms with Gasteiger partial charge in [-0.3, -0.25) is 14.2 Å². The van der Waals surface area contributed by atoms with E-state index in [9.17, 15) is 31.9 Å². The van der Waals surface area contributed by atoms with Crippen molar-refractivity contribution in [3.05, 3.63) is 105 Å². The molecule has 2 aromatic carbocycles. The Morgan fingerprint density at radius 1 is 1.11 bits per heavy atom. The lowest BCUT2D eigenvalue weighted by Crippen LogP contribution is -2.34. The largest absolute Gasteiger partial charge is 0.495 e. The van der Waals surface area contributed by atoms with Crippen LogP contribution in [0, 0.1) is 12.7 Å². The average molecular weight is 661 g/mol. The molecule has 12 nitrogen and oxygen atoms in total. The summed E-state index contributed by atoms with van der Waals surface area (Å²) >= 11 is 6.22. The second-order valence-corrected chi connectivity index (χ2v) is 10.3. The van der Waals surface area contributed by atoms with E-state index in [4.69, 9.17) is 26.0 Å². The number of nitrogens with one attached hydrogen (secondary N) is 1. The van der Waals surface area contributed by atoms with Gasteiger partial charge in [0.05, 0.1) is 36.4 Å². The van der Waals surface area contributed by atoms with Crippen molar-refractivity contribution in [2.24, 2.45) is 0 Å². The number of rotatable bonds is 9. The highest BCUT2D eigenvalue weighted by molar-refractivity contribution is 6.31. The van der Waals surface area contributed by atoms with E-state index in [0.29, 0.717) is 17.7 Å². The summed E-state index contributed by atoms with van der Waals surface area (Å²) in [7, 11) is 1.28. The van der Waals surface area contributed by atoms with Gasteiger partial charge in [0.1, 0.15) is 23.4 Å². The molecule has 0 aliphatic heterocycles. The van der Waals surface area contributed by atoms with Gasteiger partial charge in [0, 0.05) is 40.4 Å². The number of nitrogens with zero attached hydrogens (tertiary/aromatic N) is 5. The minimum atomic E-state index is -4.76. The van der Waals surface area contributed by atoms with Crippen molar-refractivity contribution >= 4 is 29.2 Å². The van der Waals surface area contributed by atoms with Crippen LogP contribution in [0.25, 0.3) is 16.8 Å². The number of anilines is 1. The number of methoxy groups -OCH3 is 1. The number of carbonyl (C=O) groups is 2. The zero-order valence-electron chi connectivity index (χ0n) is 23.7. The van der Waals surface area contributed by atoms with Crippen molar-refractivity contribution in [3.63, 3.8) is 0 Å². The molecule has 0 spiro atoms. The maximum Gasteiger partial charge on any atom is 0.436 e. The predicted octanol–water partition coefficient (Wildman–Crippen LogP) is 5.33. The molecule has 0 bridgehead atoms. The van der Waals surface area contributed by atoms with E-state index in [1.807, 2.05) is 0 Å². The lowest BCUT2D eigenvalue weighted by atomic mass is 10.0. The Bertz CT molecular complexity index is 2020. The lowest BCUT2D eigenvalue weighted by Gasteiger charge is -2.21. The summed E-state index contributed by atoms with van der Waals surface area (Å²) in [4.78, 5) is 38.4. The standard InChI is InChI=1S/C29H21ClF4N6O6/c1-14-7-17(37-46-14)10-23(27(42)35-16-4-5-18(28(43)44)21(31)9-16)39-12-24(45-2)20(11-26(39)41)19-8-15(30)3-6-22(19)40-13-25(36-38-40)29(32,33)34/h3-9,11-13,23H,10H2,1-2H3,(H,35,42)(H,43,44). The van der Waals surface area contributed by atoms with Crippen molar-refractivity contribution in [1.82, 2.24) is 24.7 Å². The van der Waals surface area contributed by atoms with E-state index in [-0.39, 0.29) is 39.7 Å². The molecule has 2 N–H and O–H groups in total. The molecule has 1 unspecified atom stereocenters. The highest BCUT2D eigenvalue weighted by Gasteiger charge is 2.35. The Hall–Kier alpha value is -5.51. The zero-order valence-corrected chi connectivity index (χ0v) is 24.4. The maximum atomic E-state index is 14.3. The Balaban J connectivity index is 1.59. The highest BCUT2D eigenvalue weighted by Crippen LogP contribution is 2.36. The van der Waals surface area contributed by atoms with Crippen LogP contribution in [0.4, 0.5) is 23.2 Å². The van der Waals surface area contributed by atoms with Crippen molar-refractivity contribution < 1.29 is 41.5 Å². The van der Waals surface area contributed by atoms with Crippen LogP contribution in [-0.2, 0) is 17.4 Å². The van der Waals surface area contributed by atoms with E-state index in [1.54, 1.807) is 13.0 Å². The zero-order chi connectivity index (χ0) is 33.3. The number of hydrogen-bond donors (Lipinski definition) is 2. The Kier molecular flexibility index (Phi) is 8.65. The third-order valence-corrected chi connectivity index (χ3v) is 6.96. The van der Waals surface area contributed by atoms with Gasteiger partial charge in [-0.05, 0) is 43.3 Å². The minimum Gasteiger partial charge on any atom is -0.495 e. The lowest BCUT2D eigenvalue weighted by molar-refractivity contribution is -0.141. The Morgan fingerprint density at radius 2 is 1.87 bits per heavy atom. The van der Waals surface area contributed by atoms with Crippen LogP contribution in [-0.4, -0.2) is 48.8 Å². The van der Waals surface area contributed by atoms with Crippen molar-refractivity contribution in [3.8, 4) is 22.6 Å². The molecule has 1 atom stereocenters. The van der Waals surface area contributed by atoms with Crippen molar-refractivity contribution in [2.45, 2.75) is 25.6 Å². The topological polar surface area (TPSA) is 154 Å². The summed E-state index contributed by atoms with van der Waals surface area (Å²) in [6.07, 6.45) is -3.05. The van der Waals surface area contributed by atoms with Gasteiger partial charge >= 0.3 is 12.1 Å². The van der Waals surface area contributed by atoms with Crippen LogP contribution in [0.5, 0.6) is 5.75 Å². The summed E-state index contributed by atoms with van der Waals surface area (Å²) in [5.41, 5.74) is -2.03. The monoisotopic (exact) mass is 660 g/mol. The second-order valence-electron chi connectivity index (χ2n) is 9.85. The molecule has 0 radical (unpaired) electrons. The summed E-state index contributed by atoms with van der Waals surface area (Å²) in [6, 6.07) is 8.49. The van der Waals surface area contributed by atoms with Crippen LogP contribution in [0.2, 0.25) is 5.02 Å². The molecule has 0 saturated heterocycles. The average Bonchev–Trinajstić information content (AvgIpc) is 3.65. The molecule has 3 heterocycles. The molecular formula is C29H21ClF4N6O6. The first kappa shape index (κ1) is 31.9. The number of ether oxygens (including phenoxy) is 1. The number of halogens is 5. The van der Waals surface area contributed by atoms with Gasteiger partial charge in [0.25, 0.3) is 5.56 Å². The first-order valence-corrected chi connectivity index (χ1v) is 13.5. The summed E-state index contributed by atoms with van der Waals surface area (Å²) in [5, 5.41) is 22.4. The number of aryl methyl sites for hydroxylation is 1. The van der Waals surface area contributed by atoms with Crippen LogP contribution >= 0.6 is 11.6 Å². The molecule has 0 saturated carbocycles. The minimum absolute atomic E-state index is 0.0188. The van der Waals surface area contributed by atoms with Gasteiger partial charge in [0.2, 0.25) is 5.91 Å². The number of amides is 1. The normalized spacial score (nSPS) is 12.2. The summed E-state index contributed by atoms with van der Waals surface area (Å²) < 4.78 is 66.6. The molecule has 0 fully saturated rings. The Labute approximate surface area is 260 Å². The molecule has 3 aromatic heterocycles. The molecule has 0 aliphatic rings. The molecule has 5 aromatic rings. The molecule has 17 heteroatoms. The number of carboxylic acid groups (broad SMARTS) is 1. The van der Waals surface area contributed by atoms with Gasteiger partial charge in [-0.25, -0.2) is 13.9 Å². The first-order valence-electron chi connectivity index (χ1n) is 13.1. The number of hydrogen-bond acceptors (Lipinski definition) is 8. The van der Waals surface area contributed by atoms with Crippen LogP contribution in [0.3, 0.4) is 0 Å². The Morgan fingerprint density at radius 3 is 2.48 bits per heavy atom. The van der Waals surface area contributed by atoms with Gasteiger partial charge in [0.15, 0.2) is 5.69 Å². The smallest absolute Gasteiger partial charge is 0.436 e. The highest BCUT2D eigenvalue weighted by atomic mass is 35.5. The van der Waals surface area contributed by atoms with E-state index in [1.165, 1.54) is 37.6 Å². The van der Waals surface area contributed by atoms with Gasteiger partial charge in [-0.1, -0.05) is 22.0 Å².